The van der Waals surface area contributed by atoms with Gasteiger partial charge >= 0.3 is 5.97 Å². The van der Waals surface area contributed by atoms with E-state index in [9.17, 15) is 9.59 Å². The van der Waals surface area contributed by atoms with Gasteiger partial charge in [0.1, 0.15) is 0 Å². The third kappa shape index (κ3) is 6.49. The Hall–Kier alpha value is -1.06. The average molecular weight is 299 g/mol. The highest BCUT2D eigenvalue weighted by atomic mass is 16.7. The maximum Gasteiger partial charge on any atom is 0.335 e. The Morgan fingerprint density at radius 2 is 1.48 bits per heavy atom. The van der Waals surface area contributed by atoms with Crippen LogP contribution in [0.1, 0.15) is 68.7 Å². The van der Waals surface area contributed by atoms with Crippen molar-refractivity contribution in [3.8, 4) is 0 Å². The molecule has 0 aromatic carbocycles. The van der Waals surface area contributed by atoms with E-state index >= 15 is 0 Å². The predicted molar refractivity (Wildman–Crippen MR) is 85.3 cm³/mol. The zero-order valence-corrected chi connectivity index (χ0v) is 15.2. The Morgan fingerprint density at radius 3 is 1.86 bits per heavy atom. The molecule has 21 heavy (non-hydrogen) atoms. The van der Waals surface area contributed by atoms with Gasteiger partial charge in [-0.25, -0.2) is 4.79 Å². The molecule has 0 saturated carbocycles. The molecule has 0 radical (unpaired) electrons. The highest BCUT2D eigenvalue weighted by molar-refractivity contribution is 5.80. The normalized spacial score (nSPS) is 15.5. The second kappa shape index (κ2) is 7.28. The average Bonchev–Trinajstić information content (AvgIpc) is 2.32. The molecule has 0 aromatic heterocycles. The molecule has 0 spiro atoms. The molecule has 4 heteroatoms. The van der Waals surface area contributed by atoms with Gasteiger partial charge in [-0.05, 0) is 23.2 Å². The molecule has 0 aromatic rings. The molecule has 0 heterocycles. The molecular weight excluding hydrogens is 266 g/mol. The molecule has 0 aliphatic heterocycles. The molecule has 0 aliphatic carbocycles. The number of rotatable bonds is 5. The van der Waals surface area contributed by atoms with Crippen LogP contribution in [-0.4, -0.2) is 11.9 Å². The van der Waals surface area contributed by atoms with Crippen LogP contribution in [0.4, 0.5) is 0 Å². The molecule has 2 unspecified atom stereocenters. The fourth-order valence-electron chi connectivity index (χ4n) is 1.76. The third-order valence-electron chi connectivity index (χ3n) is 4.75. The van der Waals surface area contributed by atoms with E-state index in [0.717, 1.165) is 6.42 Å². The molecule has 0 rings (SSSR count). The van der Waals surface area contributed by atoms with Gasteiger partial charge < -0.3 is 4.84 Å². The number of hydrogen-bond acceptors (Lipinski definition) is 3. The lowest BCUT2D eigenvalue weighted by molar-refractivity contribution is -0.166. The van der Waals surface area contributed by atoms with Crippen LogP contribution in [0.25, 0.3) is 0 Å². The number of carbonyl (C=O) groups is 2. The second-order valence-corrected chi connectivity index (χ2v) is 8.22. The van der Waals surface area contributed by atoms with Crippen LogP contribution in [0.2, 0.25) is 0 Å². The number of amides is 1. The number of hydroxylamine groups is 1. The van der Waals surface area contributed by atoms with E-state index in [1.54, 1.807) is 6.92 Å². The Balaban J connectivity index is 4.42. The summed E-state index contributed by atoms with van der Waals surface area (Å²) in [6, 6.07) is 0. The van der Waals surface area contributed by atoms with Gasteiger partial charge in [-0.1, -0.05) is 62.3 Å². The van der Waals surface area contributed by atoms with Crippen molar-refractivity contribution < 1.29 is 14.4 Å². The standard InChI is InChI=1S/C17H33NO3/c1-11(2)17(8,9)10-12(3)14(19)18-21-15(20)13(4)16(5,6)7/h11-13H,10H2,1-9H3,(H,18,19). The molecular formula is C17H33NO3. The predicted octanol–water partition coefficient (Wildman–Crippen LogP) is 3.95. The van der Waals surface area contributed by atoms with Crippen LogP contribution in [-0.2, 0) is 14.4 Å². The maximum absolute atomic E-state index is 12.0. The highest BCUT2D eigenvalue weighted by Gasteiger charge is 2.31. The molecule has 0 saturated heterocycles. The lowest BCUT2D eigenvalue weighted by Gasteiger charge is -2.31. The van der Waals surface area contributed by atoms with Crippen molar-refractivity contribution in [1.82, 2.24) is 5.48 Å². The van der Waals surface area contributed by atoms with Crippen LogP contribution in [0.5, 0.6) is 0 Å². The van der Waals surface area contributed by atoms with E-state index < -0.39 is 5.97 Å². The van der Waals surface area contributed by atoms with Crippen molar-refractivity contribution in [3.05, 3.63) is 0 Å². The van der Waals surface area contributed by atoms with Crippen molar-refractivity contribution >= 4 is 11.9 Å². The molecule has 1 amide bonds. The van der Waals surface area contributed by atoms with E-state index in [4.69, 9.17) is 4.84 Å². The second-order valence-electron chi connectivity index (χ2n) is 8.22. The van der Waals surface area contributed by atoms with Crippen LogP contribution in [0.3, 0.4) is 0 Å². The summed E-state index contributed by atoms with van der Waals surface area (Å²) in [4.78, 5) is 28.9. The van der Waals surface area contributed by atoms with Crippen LogP contribution in [0, 0.1) is 28.6 Å². The van der Waals surface area contributed by atoms with Gasteiger partial charge in [-0.15, -0.1) is 0 Å². The number of hydrogen-bond donors (Lipinski definition) is 1. The van der Waals surface area contributed by atoms with Gasteiger partial charge in [0, 0.05) is 5.92 Å². The largest absolute Gasteiger partial charge is 0.340 e. The summed E-state index contributed by atoms with van der Waals surface area (Å²) in [5.41, 5.74) is 2.19. The van der Waals surface area contributed by atoms with Gasteiger partial charge in [-0.3, -0.25) is 4.79 Å². The van der Waals surface area contributed by atoms with E-state index in [2.05, 4.69) is 33.2 Å². The van der Waals surface area contributed by atoms with Crippen LogP contribution >= 0.6 is 0 Å². The highest BCUT2D eigenvalue weighted by Crippen LogP contribution is 2.33. The van der Waals surface area contributed by atoms with Gasteiger partial charge in [-0.2, -0.15) is 5.48 Å². The molecule has 4 nitrogen and oxygen atoms in total. The molecule has 0 fully saturated rings. The fourth-order valence-corrected chi connectivity index (χ4v) is 1.76. The Labute approximate surface area is 130 Å². The zero-order valence-electron chi connectivity index (χ0n) is 15.2. The van der Waals surface area contributed by atoms with Crippen molar-refractivity contribution in [3.63, 3.8) is 0 Å². The topological polar surface area (TPSA) is 55.4 Å². The van der Waals surface area contributed by atoms with Crippen LogP contribution < -0.4 is 5.48 Å². The quantitative estimate of drug-likeness (QED) is 0.782. The van der Waals surface area contributed by atoms with E-state index in [1.165, 1.54) is 0 Å². The minimum atomic E-state index is -0.397. The summed E-state index contributed by atoms with van der Waals surface area (Å²) < 4.78 is 0. The first-order valence-electron chi connectivity index (χ1n) is 7.79. The Bertz CT molecular complexity index is 367. The monoisotopic (exact) mass is 299 g/mol. The fraction of sp³-hybridized carbons (Fsp3) is 0.882. The third-order valence-corrected chi connectivity index (χ3v) is 4.75. The first kappa shape index (κ1) is 19.9. The first-order valence-corrected chi connectivity index (χ1v) is 7.79. The van der Waals surface area contributed by atoms with Crippen molar-refractivity contribution in [2.24, 2.45) is 28.6 Å². The molecule has 0 aliphatic rings. The summed E-state index contributed by atoms with van der Waals surface area (Å²) in [7, 11) is 0. The van der Waals surface area contributed by atoms with Gasteiger partial charge in [0.15, 0.2) is 0 Å². The summed E-state index contributed by atoms with van der Waals surface area (Å²) >= 11 is 0. The van der Waals surface area contributed by atoms with Crippen molar-refractivity contribution in [1.29, 1.82) is 0 Å². The summed E-state index contributed by atoms with van der Waals surface area (Å²) in [5.74, 6) is -0.624. The molecule has 0 bridgehead atoms. The Morgan fingerprint density at radius 1 is 1.00 bits per heavy atom. The lowest BCUT2D eigenvalue weighted by Crippen LogP contribution is -2.38. The molecule has 2 atom stereocenters. The molecule has 1 N–H and O–H groups in total. The van der Waals surface area contributed by atoms with E-state index in [1.807, 2.05) is 27.7 Å². The van der Waals surface area contributed by atoms with E-state index in [0.29, 0.717) is 5.92 Å². The van der Waals surface area contributed by atoms with Gasteiger partial charge in [0.2, 0.25) is 0 Å². The Kier molecular flexibility index (Phi) is 6.91. The molecule has 124 valence electrons. The van der Waals surface area contributed by atoms with Crippen molar-refractivity contribution in [2.75, 3.05) is 0 Å². The summed E-state index contributed by atoms with van der Waals surface area (Å²) in [6.07, 6.45) is 0.753. The number of nitrogens with one attached hydrogen (secondary N) is 1. The SMILES string of the molecule is CC(CC(C)(C)C(C)C)C(=O)NOC(=O)C(C)C(C)(C)C. The minimum Gasteiger partial charge on any atom is -0.340 e. The maximum atomic E-state index is 12.0. The smallest absolute Gasteiger partial charge is 0.335 e. The van der Waals surface area contributed by atoms with Crippen molar-refractivity contribution in [2.45, 2.75) is 68.7 Å². The first-order chi connectivity index (χ1) is 9.29. The van der Waals surface area contributed by atoms with Gasteiger partial charge in [0.05, 0.1) is 5.92 Å². The van der Waals surface area contributed by atoms with E-state index in [-0.39, 0.29) is 28.6 Å². The minimum absolute atomic E-state index is 0.0689. The summed E-state index contributed by atoms with van der Waals surface area (Å²) in [5, 5.41) is 0. The van der Waals surface area contributed by atoms with Gasteiger partial charge in [0.25, 0.3) is 5.91 Å². The lowest BCUT2D eigenvalue weighted by atomic mass is 9.74. The zero-order chi connectivity index (χ0) is 17.0. The number of carbonyl (C=O) groups excluding carboxylic acids is 2. The summed E-state index contributed by atoms with van der Waals surface area (Å²) in [6.45, 7) is 18.2. The van der Waals surface area contributed by atoms with Crippen LogP contribution in [0.15, 0.2) is 0 Å².